The van der Waals surface area contributed by atoms with Crippen molar-refractivity contribution in [1.82, 2.24) is 20.0 Å². The van der Waals surface area contributed by atoms with Gasteiger partial charge in [-0.1, -0.05) is 33.1 Å². The van der Waals surface area contributed by atoms with Gasteiger partial charge in [0.05, 0.1) is 0 Å². The summed E-state index contributed by atoms with van der Waals surface area (Å²) in [4.78, 5) is 55.9. The normalized spacial score (nSPS) is 31.9. The van der Waals surface area contributed by atoms with Gasteiger partial charge in [-0.25, -0.2) is 4.79 Å². The van der Waals surface area contributed by atoms with Crippen molar-refractivity contribution >= 4 is 23.8 Å². The van der Waals surface area contributed by atoms with Gasteiger partial charge in [0.2, 0.25) is 11.8 Å². The van der Waals surface area contributed by atoms with Crippen molar-refractivity contribution in [2.24, 2.45) is 17.8 Å². The molecule has 0 aromatic carbocycles. The van der Waals surface area contributed by atoms with Gasteiger partial charge in [0.15, 0.2) is 0 Å². The van der Waals surface area contributed by atoms with Gasteiger partial charge in [0, 0.05) is 32.6 Å². The van der Waals surface area contributed by atoms with Gasteiger partial charge >= 0.3 is 6.03 Å². The highest BCUT2D eigenvalue weighted by atomic mass is 16.2. The van der Waals surface area contributed by atoms with Gasteiger partial charge in [0.25, 0.3) is 5.91 Å². The van der Waals surface area contributed by atoms with Gasteiger partial charge < -0.3 is 15.1 Å². The standard InChI is InChI=1S/C24H38N4O4/c1-17-12-18(2)15-24(14-17)22(31)28(23(32)25-24)16-21(30)27-10-8-26(9-11-27)20(29)13-19-6-4-3-5-7-19/h17-19H,3-16H2,1-2H3,(H,25,32)/t17-,18+,24?. The molecule has 32 heavy (non-hydrogen) atoms. The average molecular weight is 447 g/mol. The maximum atomic E-state index is 13.2. The predicted octanol–water partition coefficient (Wildman–Crippen LogP) is 2.37. The van der Waals surface area contributed by atoms with Crippen LogP contribution in [0.15, 0.2) is 0 Å². The molecular formula is C24H38N4O4. The van der Waals surface area contributed by atoms with Crippen molar-refractivity contribution in [3.05, 3.63) is 0 Å². The Kier molecular flexibility index (Phi) is 6.77. The van der Waals surface area contributed by atoms with E-state index in [1.54, 1.807) is 4.90 Å². The minimum atomic E-state index is -0.849. The fourth-order valence-electron chi connectivity index (χ4n) is 6.43. The Morgan fingerprint density at radius 3 is 2.06 bits per heavy atom. The minimum Gasteiger partial charge on any atom is -0.339 e. The summed E-state index contributed by atoms with van der Waals surface area (Å²) in [6.45, 7) is 5.97. The van der Waals surface area contributed by atoms with E-state index >= 15 is 0 Å². The molecule has 4 rings (SSSR count). The number of urea groups is 1. The van der Waals surface area contributed by atoms with Crippen molar-refractivity contribution < 1.29 is 19.2 Å². The smallest absolute Gasteiger partial charge is 0.325 e. The lowest BCUT2D eigenvalue weighted by atomic mass is 9.71. The number of carbonyl (C=O) groups excluding carboxylic acids is 4. The lowest BCUT2D eigenvalue weighted by Crippen LogP contribution is -2.54. The second-order valence-electron chi connectivity index (χ2n) is 10.7. The molecule has 1 spiro atoms. The molecule has 0 aromatic rings. The first-order valence-electron chi connectivity index (χ1n) is 12.5. The number of nitrogens with zero attached hydrogens (tertiary/aromatic N) is 3. The summed E-state index contributed by atoms with van der Waals surface area (Å²) in [6, 6.07) is -0.453. The van der Waals surface area contributed by atoms with E-state index in [0.29, 0.717) is 63.2 Å². The molecule has 2 saturated heterocycles. The van der Waals surface area contributed by atoms with E-state index in [1.165, 1.54) is 19.3 Å². The highest BCUT2D eigenvalue weighted by molar-refractivity contribution is 6.09. The summed E-state index contributed by atoms with van der Waals surface area (Å²) in [5, 5.41) is 2.91. The molecule has 8 heteroatoms. The third-order valence-electron chi connectivity index (χ3n) is 7.91. The molecule has 178 valence electrons. The quantitative estimate of drug-likeness (QED) is 0.672. The molecule has 3 atom stereocenters. The van der Waals surface area contributed by atoms with Crippen LogP contribution in [0.1, 0.15) is 71.6 Å². The Hall–Kier alpha value is -2.12. The van der Waals surface area contributed by atoms with Crippen molar-refractivity contribution in [1.29, 1.82) is 0 Å². The molecule has 2 aliphatic carbocycles. The van der Waals surface area contributed by atoms with E-state index in [1.807, 2.05) is 4.90 Å². The maximum Gasteiger partial charge on any atom is 0.325 e. The van der Waals surface area contributed by atoms with E-state index < -0.39 is 11.6 Å². The number of imide groups is 1. The monoisotopic (exact) mass is 446 g/mol. The van der Waals surface area contributed by atoms with Crippen LogP contribution >= 0.6 is 0 Å². The number of hydrogen-bond donors (Lipinski definition) is 1. The first-order valence-corrected chi connectivity index (χ1v) is 12.5. The van der Waals surface area contributed by atoms with Gasteiger partial charge in [-0.3, -0.25) is 19.3 Å². The van der Waals surface area contributed by atoms with E-state index in [-0.39, 0.29) is 24.3 Å². The third-order valence-corrected chi connectivity index (χ3v) is 7.91. The number of rotatable bonds is 4. The summed E-state index contributed by atoms with van der Waals surface area (Å²) in [7, 11) is 0. The highest BCUT2D eigenvalue weighted by Crippen LogP contribution is 2.39. The number of piperazine rings is 1. The second-order valence-corrected chi connectivity index (χ2v) is 10.7. The van der Waals surface area contributed by atoms with Crippen molar-refractivity contribution in [2.75, 3.05) is 32.7 Å². The Labute approximate surface area is 191 Å². The Morgan fingerprint density at radius 1 is 0.906 bits per heavy atom. The average Bonchev–Trinajstić information content (AvgIpc) is 2.97. The van der Waals surface area contributed by atoms with Crippen LogP contribution in [-0.4, -0.2) is 76.7 Å². The summed E-state index contributed by atoms with van der Waals surface area (Å²) in [5.41, 5.74) is -0.849. The summed E-state index contributed by atoms with van der Waals surface area (Å²) in [5.74, 6) is 0.946. The molecule has 2 saturated carbocycles. The molecule has 1 unspecified atom stereocenters. The van der Waals surface area contributed by atoms with Crippen LogP contribution in [0.3, 0.4) is 0 Å². The lowest BCUT2D eigenvalue weighted by molar-refractivity contribution is -0.143. The zero-order chi connectivity index (χ0) is 22.9. The van der Waals surface area contributed by atoms with Crippen LogP contribution in [0.5, 0.6) is 0 Å². The van der Waals surface area contributed by atoms with Crippen LogP contribution in [0.25, 0.3) is 0 Å². The van der Waals surface area contributed by atoms with Crippen molar-refractivity contribution in [3.63, 3.8) is 0 Å². The summed E-state index contributed by atoms with van der Waals surface area (Å²) >= 11 is 0. The number of carbonyl (C=O) groups is 4. The maximum absolute atomic E-state index is 13.2. The SMILES string of the molecule is C[C@@H]1C[C@H](C)CC2(C1)NC(=O)N(CC(=O)N1CCN(C(=O)CC3CCCCC3)CC1)C2=O. The van der Waals surface area contributed by atoms with Gasteiger partial charge in [-0.2, -0.15) is 0 Å². The molecule has 2 heterocycles. The second kappa shape index (κ2) is 9.40. The molecule has 0 aromatic heterocycles. The zero-order valence-corrected chi connectivity index (χ0v) is 19.6. The van der Waals surface area contributed by atoms with Crippen molar-refractivity contribution in [2.45, 2.75) is 77.2 Å². The van der Waals surface area contributed by atoms with E-state index in [0.717, 1.165) is 24.2 Å². The Morgan fingerprint density at radius 2 is 1.47 bits per heavy atom. The fraction of sp³-hybridized carbons (Fsp3) is 0.833. The molecule has 4 aliphatic rings. The minimum absolute atomic E-state index is 0.195. The molecule has 1 N–H and O–H groups in total. The van der Waals surface area contributed by atoms with Gasteiger partial charge in [-0.05, 0) is 49.9 Å². The molecular weight excluding hydrogens is 408 g/mol. The van der Waals surface area contributed by atoms with E-state index in [4.69, 9.17) is 0 Å². The summed E-state index contributed by atoms with van der Waals surface area (Å²) in [6.07, 6.45) is 8.96. The fourth-order valence-corrected chi connectivity index (χ4v) is 6.43. The van der Waals surface area contributed by atoms with Gasteiger partial charge in [0.1, 0.15) is 12.1 Å². The first kappa shape index (κ1) is 23.1. The topological polar surface area (TPSA) is 90.0 Å². The van der Waals surface area contributed by atoms with Crippen LogP contribution in [0, 0.1) is 17.8 Å². The molecule has 0 bridgehead atoms. The number of hydrogen-bond acceptors (Lipinski definition) is 4. The van der Waals surface area contributed by atoms with Crippen LogP contribution in [0.2, 0.25) is 0 Å². The Balaban J connectivity index is 1.28. The Bertz CT molecular complexity index is 745. The predicted molar refractivity (Wildman–Crippen MR) is 120 cm³/mol. The van der Waals surface area contributed by atoms with Crippen LogP contribution in [-0.2, 0) is 14.4 Å². The molecule has 2 aliphatic heterocycles. The van der Waals surface area contributed by atoms with E-state index in [9.17, 15) is 19.2 Å². The van der Waals surface area contributed by atoms with Crippen LogP contribution in [0.4, 0.5) is 4.79 Å². The van der Waals surface area contributed by atoms with E-state index in [2.05, 4.69) is 19.2 Å². The van der Waals surface area contributed by atoms with Crippen LogP contribution < -0.4 is 5.32 Å². The molecule has 8 nitrogen and oxygen atoms in total. The molecule has 5 amide bonds. The molecule has 4 fully saturated rings. The molecule has 0 radical (unpaired) electrons. The zero-order valence-electron chi connectivity index (χ0n) is 19.6. The largest absolute Gasteiger partial charge is 0.339 e. The lowest BCUT2D eigenvalue weighted by Gasteiger charge is -2.38. The summed E-state index contributed by atoms with van der Waals surface area (Å²) < 4.78 is 0. The van der Waals surface area contributed by atoms with Crippen molar-refractivity contribution in [3.8, 4) is 0 Å². The number of nitrogens with one attached hydrogen (secondary N) is 1. The third kappa shape index (κ3) is 4.79. The highest BCUT2D eigenvalue weighted by Gasteiger charge is 2.54. The number of amides is 5. The first-order chi connectivity index (χ1) is 15.3. The van der Waals surface area contributed by atoms with Gasteiger partial charge in [-0.15, -0.1) is 0 Å².